The SMILES string of the molecule is CCCC1c2ccccc2CC1NCCCCOc1cccc2nnccc12. The summed E-state index contributed by atoms with van der Waals surface area (Å²) >= 11 is 0. The third-order valence-electron chi connectivity index (χ3n) is 5.73. The summed E-state index contributed by atoms with van der Waals surface area (Å²) in [5.74, 6) is 1.56. The van der Waals surface area contributed by atoms with Crippen LogP contribution in [0.5, 0.6) is 5.75 Å². The molecule has 4 heteroatoms. The number of ether oxygens (including phenoxy) is 1. The quantitative estimate of drug-likeness (QED) is 0.541. The number of aromatic nitrogens is 2. The lowest BCUT2D eigenvalue weighted by Crippen LogP contribution is -2.33. The summed E-state index contributed by atoms with van der Waals surface area (Å²) in [7, 11) is 0. The van der Waals surface area contributed by atoms with Crippen molar-refractivity contribution in [2.75, 3.05) is 13.2 Å². The maximum absolute atomic E-state index is 6.01. The van der Waals surface area contributed by atoms with Crippen molar-refractivity contribution in [3.05, 3.63) is 65.9 Å². The number of nitrogens with one attached hydrogen (secondary N) is 1. The number of hydrogen-bond donors (Lipinski definition) is 1. The Kier molecular flexibility index (Phi) is 6.17. The van der Waals surface area contributed by atoms with Crippen molar-refractivity contribution in [2.45, 2.75) is 51.0 Å². The molecule has 0 aliphatic heterocycles. The molecular formula is C24H29N3O. The highest BCUT2D eigenvalue weighted by Gasteiger charge is 2.30. The zero-order chi connectivity index (χ0) is 19.2. The molecule has 4 rings (SSSR count). The van der Waals surface area contributed by atoms with Crippen LogP contribution in [0, 0.1) is 0 Å². The first-order valence-corrected chi connectivity index (χ1v) is 10.5. The van der Waals surface area contributed by atoms with Crippen molar-refractivity contribution in [2.24, 2.45) is 0 Å². The summed E-state index contributed by atoms with van der Waals surface area (Å²) in [4.78, 5) is 0. The fourth-order valence-corrected chi connectivity index (χ4v) is 4.37. The van der Waals surface area contributed by atoms with Crippen LogP contribution in [0.15, 0.2) is 54.7 Å². The largest absolute Gasteiger partial charge is 0.493 e. The van der Waals surface area contributed by atoms with Gasteiger partial charge in [0.15, 0.2) is 0 Å². The smallest absolute Gasteiger partial charge is 0.128 e. The van der Waals surface area contributed by atoms with E-state index in [9.17, 15) is 0 Å². The average molecular weight is 376 g/mol. The highest BCUT2D eigenvalue weighted by Crippen LogP contribution is 2.36. The van der Waals surface area contributed by atoms with E-state index in [1.807, 2.05) is 24.3 Å². The van der Waals surface area contributed by atoms with Crippen LogP contribution in [0.4, 0.5) is 0 Å². The Morgan fingerprint density at radius 1 is 1.07 bits per heavy atom. The first-order valence-electron chi connectivity index (χ1n) is 10.5. The van der Waals surface area contributed by atoms with E-state index in [2.05, 4.69) is 46.7 Å². The van der Waals surface area contributed by atoms with Crippen LogP contribution in [0.25, 0.3) is 10.9 Å². The van der Waals surface area contributed by atoms with Crippen molar-refractivity contribution in [3.63, 3.8) is 0 Å². The van der Waals surface area contributed by atoms with Crippen LogP contribution >= 0.6 is 0 Å². The molecule has 4 nitrogen and oxygen atoms in total. The number of benzene rings is 2. The summed E-state index contributed by atoms with van der Waals surface area (Å²) in [6.45, 7) is 4.06. The van der Waals surface area contributed by atoms with E-state index >= 15 is 0 Å². The van der Waals surface area contributed by atoms with Crippen molar-refractivity contribution < 1.29 is 4.74 Å². The molecule has 0 bridgehead atoms. The van der Waals surface area contributed by atoms with Gasteiger partial charge in [0.1, 0.15) is 5.75 Å². The highest BCUT2D eigenvalue weighted by molar-refractivity contribution is 5.84. The predicted octanol–water partition coefficient (Wildman–Crippen LogP) is 4.89. The molecule has 1 N–H and O–H groups in total. The molecule has 1 aromatic heterocycles. The minimum atomic E-state index is 0.579. The summed E-state index contributed by atoms with van der Waals surface area (Å²) in [5.41, 5.74) is 3.97. The lowest BCUT2D eigenvalue weighted by Gasteiger charge is -2.21. The summed E-state index contributed by atoms with van der Waals surface area (Å²) in [6, 6.07) is 17.4. The van der Waals surface area contributed by atoms with Crippen LogP contribution < -0.4 is 10.1 Å². The van der Waals surface area contributed by atoms with Crippen LogP contribution in [0.2, 0.25) is 0 Å². The van der Waals surface area contributed by atoms with Crippen LogP contribution in [0.1, 0.15) is 49.7 Å². The molecule has 0 saturated heterocycles. The minimum absolute atomic E-state index is 0.579. The molecule has 0 spiro atoms. The zero-order valence-corrected chi connectivity index (χ0v) is 16.6. The molecule has 0 saturated carbocycles. The maximum atomic E-state index is 6.01. The normalized spacial score (nSPS) is 18.3. The van der Waals surface area contributed by atoms with E-state index in [-0.39, 0.29) is 0 Å². The van der Waals surface area contributed by atoms with Crippen LogP contribution in [-0.2, 0) is 6.42 Å². The standard InChI is InChI=1S/C24H29N3O/c1-2-8-20-19-10-4-3-9-18(19)17-23(20)25-14-5-6-16-28-24-12-7-11-22-21(24)13-15-26-27-22/h3-4,7,9-13,15,20,23,25H,2,5-6,8,14,16-17H2,1H3. The van der Waals surface area contributed by atoms with Gasteiger partial charge in [-0.25, -0.2) is 0 Å². The average Bonchev–Trinajstić information content (AvgIpc) is 3.08. The van der Waals surface area contributed by atoms with Gasteiger partial charge >= 0.3 is 0 Å². The van der Waals surface area contributed by atoms with E-state index in [0.29, 0.717) is 12.0 Å². The summed E-state index contributed by atoms with van der Waals surface area (Å²) in [6.07, 6.45) is 7.54. The van der Waals surface area contributed by atoms with Gasteiger partial charge in [0.05, 0.1) is 18.3 Å². The van der Waals surface area contributed by atoms with Gasteiger partial charge in [-0.05, 0) is 67.5 Å². The van der Waals surface area contributed by atoms with Gasteiger partial charge in [-0.15, -0.1) is 0 Å². The highest BCUT2D eigenvalue weighted by atomic mass is 16.5. The molecule has 1 aliphatic carbocycles. The monoisotopic (exact) mass is 375 g/mol. The van der Waals surface area contributed by atoms with Gasteiger partial charge in [-0.1, -0.05) is 43.7 Å². The van der Waals surface area contributed by atoms with Crippen molar-refractivity contribution in [3.8, 4) is 5.75 Å². The summed E-state index contributed by atoms with van der Waals surface area (Å²) < 4.78 is 6.01. The molecule has 0 fully saturated rings. The molecule has 28 heavy (non-hydrogen) atoms. The van der Waals surface area contributed by atoms with Crippen LogP contribution in [-0.4, -0.2) is 29.4 Å². The third-order valence-corrected chi connectivity index (χ3v) is 5.73. The lowest BCUT2D eigenvalue weighted by atomic mass is 9.93. The van der Waals surface area contributed by atoms with E-state index in [1.165, 1.54) is 18.4 Å². The Morgan fingerprint density at radius 3 is 2.93 bits per heavy atom. The van der Waals surface area contributed by atoms with Gasteiger partial charge in [0, 0.05) is 11.4 Å². The van der Waals surface area contributed by atoms with E-state index in [1.54, 1.807) is 11.8 Å². The predicted molar refractivity (Wildman–Crippen MR) is 114 cm³/mol. The topological polar surface area (TPSA) is 47.0 Å². The van der Waals surface area contributed by atoms with Crippen molar-refractivity contribution >= 4 is 10.9 Å². The fourth-order valence-electron chi connectivity index (χ4n) is 4.37. The maximum Gasteiger partial charge on any atom is 0.128 e. The molecule has 3 aromatic rings. The van der Waals surface area contributed by atoms with Crippen LogP contribution in [0.3, 0.4) is 0 Å². The Hall–Kier alpha value is -2.46. The Labute approximate surface area is 167 Å². The molecule has 0 radical (unpaired) electrons. The van der Waals surface area contributed by atoms with Gasteiger partial charge < -0.3 is 10.1 Å². The van der Waals surface area contributed by atoms with Gasteiger partial charge in [-0.3, -0.25) is 0 Å². The number of rotatable bonds is 9. The van der Waals surface area contributed by atoms with E-state index in [0.717, 1.165) is 49.1 Å². The Balaban J connectivity index is 1.23. The zero-order valence-electron chi connectivity index (χ0n) is 16.6. The van der Waals surface area contributed by atoms with Gasteiger partial charge in [0.25, 0.3) is 0 Å². The second-order valence-electron chi connectivity index (χ2n) is 7.63. The first kappa shape index (κ1) is 18.9. The molecule has 146 valence electrons. The van der Waals surface area contributed by atoms with Crippen molar-refractivity contribution in [1.29, 1.82) is 0 Å². The first-order chi connectivity index (χ1) is 13.9. The lowest BCUT2D eigenvalue weighted by molar-refractivity contribution is 0.306. The number of unbranched alkanes of at least 4 members (excludes halogenated alkanes) is 1. The third kappa shape index (κ3) is 4.17. The molecule has 1 aliphatic rings. The number of nitrogens with zero attached hydrogens (tertiary/aromatic N) is 2. The molecular weight excluding hydrogens is 346 g/mol. The molecule has 2 aromatic carbocycles. The van der Waals surface area contributed by atoms with Gasteiger partial charge in [0.2, 0.25) is 0 Å². The Morgan fingerprint density at radius 2 is 2.00 bits per heavy atom. The minimum Gasteiger partial charge on any atom is -0.493 e. The van der Waals surface area contributed by atoms with E-state index < -0.39 is 0 Å². The second-order valence-corrected chi connectivity index (χ2v) is 7.63. The van der Waals surface area contributed by atoms with Gasteiger partial charge in [-0.2, -0.15) is 10.2 Å². The fraction of sp³-hybridized carbons (Fsp3) is 0.417. The van der Waals surface area contributed by atoms with E-state index in [4.69, 9.17) is 4.74 Å². The van der Waals surface area contributed by atoms with Crippen molar-refractivity contribution in [1.82, 2.24) is 15.5 Å². The molecule has 0 amide bonds. The molecule has 2 unspecified atom stereocenters. The molecule has 1 heterocycles. The number of fused-ring (bicyclic) bond motifs is 2. The molecule has 2 atom stereocenters. The Bertz CT molecular complexity index is 906. The second kappa shape index (κ2) is 9.16. The number of hydrogen-bond acceptors (Lipinski definition) is 4. The summed E-state index contributed by atoms with van der Waals surface area (Å²) in [5, 5.41) is 12.9.